The van der Waals surface area contributed by atoms with E-state index in [9.17, 15) is 9.59 Å². The first-order chi connectivity index (χ1) is 8.08. The fourth-order valence-electron chi connectivity index (χ4n) is 1.60. The lowest BCUT2D eigenvalue weighted by Gasteiger charge is -2.11. The maximum absolute atomic E-state index is 11.6. The second-order valence-electron chi connectivity index (χ2n) is 4.35. The first-order valence-electron chi connectivity index (χ1n) is 5.61. The second kappa shape index (κ2) is 4.95. The van der Waals surface area contributed by atoms with E-state index >= 15 is 0 Å². The fourth-order valence-corrected chi connectivity index (χ4v) is 2.33. The van der Waals surface area contributed by atoms with Crippen LogP contribution in [0.15, 0.2) is 9.95 Å². The van der Waals surface area contributed by atoms with E-state index in [4.69, 9.17) is 0 Å². The highest BCUT2D eigenvalue weighted by atomic mass is 32.2. The predicted molar refractivity (Wildman–Crippen MR) is 64.9 cm³/mol. The Labute approximate surface area is 103 Å². The Morgan fingerprint density at radius 2 is 2.41 bits per heavy atom. The van der Waals surface area contributed by atoms with E-state index in [0.29, 0.717) is 11.1 Å². The highest BCUT2D eigenvalue weighted by Gasteiger charge is 2.28. The van der Waals surface area contributed by atoms with Crippen molar-refractivity contribution in [3.63, 3.8) is 0 Å². The number of aromatic amines is 1. The summed E-state index contributed by atoms with van der Waals surface area (Å²) in [7, 11) is 1.62. The van der Waals surface area contributed by atoms with E-state index in [0.717, 1.165) is 0 Å². The van der Waals surface area contributed by atoms with Crippen molar-refractivity contribution in [1.29, 1.82) is 0 Å². The summed E-state index contributed by atoms with van der Waals surface area (Å²) in [6.45, 7) is 2.03. The van der Waals surface area contributed by atoms with Gasteiger partial charge in [-0.1, -0.05) is 11.8 Å². The number of amides is 1. The summed E-state index contributed by atoms with van der Waals surface area (Å²) in [6, 6.07) is 0.256. The summed E-state index contributed by atoms with van der Waals surface area (Å²) in [5.41, 5.74) is -0.265. The van der Waals surface area contributed by atoms with Crippen molar-refractivity contribution in [3.8, 4) is 0 Å². The van der Waals surface area contributed by atoms with E-state index in [1.165, 1.54) is 29.2 Å². The minimum atomic E-state index is -0.265. The molecule has 94 valence electrons. The minimum absolute atomic E-state index is 0.00940. The Morgan fingerprint density at radius 3 is 2.94 bits per heavy atom. The standard InChI is InChI=1S/C10H16N4O2S/c1-6(7-3-4-7)11-8(15)5-17-10-13-12-9(16)14(10)2/h6-7H,3-5H2,1-2H3,(H,11,15)(H,12,16). The zero-order valence-corrected chi connectivity index (χ0v) is 10.7. The van der Waals surface area contributed by atoms with Crippen molar-refractivity contribution in [2.75, 3.05) is 5.75 Å². The molecule has 1 amide bonds. The molecule has 0 bridgehead atoms. The molecule has 1 aliphatic carbocycles. The molecule has 6 nitrogen and oxygen atoms in total. The smallest absolute Gasteiger partial charge is 0.343 e. The third kappa shape index (κ3) is 3.12. The van der Waals surface area contributed by atoms with Crippen molar-refractivity contribution in [3.05, 3.63) is 10.5 Å². The molecule has 1 saturated carbocycles. The number of aromatic nitrogens is 3. The van der Waals surface area contributed by atoms with E-state index in [1.807, 2.05) is 6.92 Å². The molecule has 17 heavy (non-hydrogen) atoms. The van der Waals surface area contributed by atoms with Crippen LogP contribution in [-0.2, 0) is 11.8 Å². The summed E-state index contributed by atoms with van der Waals surface area (Å²) in [5, 5.41) is 9.64. The van der Waals surface area contributed by atoms with Gasteiger partial charge in [-0.05, 0) is 25.7 Å². The number of nitrogens with one attached hydrogen (secondary N) is 2. The van der Waals surface area contributed by atoms with Crippen LogP contribution in [0.4, 0.5) is 0 Å². The van der Waals surface area contributed by atoms with Crippen molar-refractivity contribution < 1.29 is 4.79 Å². The van der Waals surface area contributed by atoms with Crippen molar-refractivity contribution in [1.82, 2.24) is 20.1 Å². The highest BCUT2D eigenvalue weighted by molar-refractivity contribution is 7.99. The van der Waals surface area contributed by atoms with Gasteiger partial charge in [-0.3, -0.25) is 9.36 Å². The molecule has 1 unspecified atom stereocenters. The van der Waals surface area contributed by atoms with Crippen LogP contribution < -0.4 is 11.0 Å². The molecule has 2 N–H and O–H groups in total. The Morgan fingerprint density at radius 1 is 1.71 bits per heavy atom. The van der Waals surface area contributed by atoms with Crippen LogP contribution in [-0.4, -0.2) is 32.5 Å². The molecule has 7 heteroatoms. The molecule has 0 spiro atoms. The van der Waals surface area contributed by atoms with Crippen LogP contribution in [0.2, 0.25) is 0 Å². The quantitative estimate of drug-likeness (QED) is 0.733. The Kier molecular flexibility index (Phi) is 3.56. The second-order valence-corrected chi connectivity index (χ2v) is 5.30. The highest BCUT2D eigenvalue weighted by Crippen LogP contribution is 2.32. The molecular formula is C10H16N4O2S. The molecule has 0 aliphatic heterocycles. The lowest BCUT2D eigenvalue weighted by molar-refractivity contribution is -0.119. The van der Waals surface area contributed by atoms with Gasteiger partial charge in [0.2, 0.25) is 5.91 Å². The number of carbonyl (C=O) groups excluding carboxylic acids is 1. The van der Waals surface area contributed by atoms with Gasteiger partial charge in [0.05, 0.1) is 5.75 Å². The Hall–Kier alpha value is -1.24. The molecule has 0 radical (unpaired) electrons. The number of thioether (sulfide) groups is 1. The number of hydrogen-bond acceptors (Lipinski definition) is 4. The van der Waals surface area contributed by atoms with Crippen LogP contribution in [0.1, 0.15) is 19.8 Å². The molecule has 1 fully saturated rings. The Bertz CT molecular complexity index is 463. The summed E-state index contributed by atoms with van der Waals surface area (Å²) in [5.74, 6) is 0.929. The zero-order chi connectivity index (χ0) is 12.4. The van der Waals surface area contributed by atoms with E-state index in [1.54, 1.807) is 7.05 Å². The lowest BCUT2D eigenvalue weighted by Crippen LogP contribution is -2.35. The summed E-state index contributed by atoms with van der Waals surface area (Å²) >= 11 is 1.26. The number of carbonyl (C=O) groups is 1. The number of nitrogens with zero attached hydrogens (tertiary/aromatic N) is 2. The fraction of sp³-hybridized carbons (Fsp3) is 0.700. The van der Waals surface area contributed by atoms with E-state index < -0.39 is 0 Å². The van der Waals surface area contributed by atoms with Gasteiger partial charge in [-0.25, -0.2) is 9.89 Å². The third-order valence-corrected chi connectivity index (χ3v) is 3.92. The summed E-state index contributed by atoms with van der Waals surface area (Å²) in [4.78, 5) is 22.7. The van der Waals surface area contributed by atoms with Gasteiger partial charge in [0.1, 0.15) is 0 Å². The predicted octanol–water partition coefficient (Wildman–Crippen LogP) is 0.115. The van der Waals surface area contributed by atoms with Crippen LogP contribution >= 0.6 is 11.8 Å². The first-order valence-corrected chi connectivity index (χ1v) is 6.60. The Balaban J connectivity index is 1.79. The average Bonchev–Trinajstić information content (AvgIpc) is 3.07. The number of rotatable bonds is 5. The van der Waals surface area contributed by atoms with Gasteiger partial charge in [-0.15, -0.1) is 5.10 Å². The van der Waals surface area contributed by atoms with Gasteiger partial charge in [0, 0.05) is 13.1 Å². The number of H-pyrrole nitrogens is 1. The maximum atomic E-state index is 11.6. The largest absolute Gasteiger partial charge is 0.353 e. The van der Waals surface area contributed by atoms with Crippen LogP contribution in [0.5, 0.6) is 0 Å². The SMILES string of the molecule is CC(NC(=O)CSc1n[nH]c(=O)n1C)C1CC1. The maximum Gasteiger partial charge on any atom is 0.343 e. The van der Waals surface area contributed by atoms with Gasteiger partial charge >= 0.3 is 5.69 Å². The lowest BCUT2D eigenvalue weighted by atomic mass is 10.2. The molecule has 2 rings (SSSR count). The molecule has 1 heterocycles. The van der Waals surface area contributed by atoms with Crippen molar-refractivity contribution in [2.24, 2.45) is 13.0 Å². The molecule has 1 aromatic rings. The zero-order valence-electron chi connectivity index (χ0n) is 9.90. The van der Waals surface area contributed by atoms with Crippen LogP contribution in [0, 0.1) is 5.92 Å². The third-order valence-electron chi connectivity index (χ3n) is 2.89. The molecule has 1 aliphatic rings. The normalized spacial score (nSPS) is 16.8. The van der Waals surface area contributed by atoms with E-state index in [2.05, 4.69) is 15.5 Å². The molecule has 1 aromatic heterocycles. The minimum Gasteiger partial charge on any atom is -0.353 e. The molecule has 0 saturated heterocycles. The monoisotopic (exact) mass is 256 g/mol. The van der Waals surface area contributed by atoms with Crippen molar-refractivity contribution in [2.45, 2.75) is 31.0 Å². The number of hydrogen-bond donors (Lipinski definition) is 2. The summed E-state index contributed by atoms with van der Waals surface area (Å²) in [6.07, 6.45) is 2.42. The molecule has 0 aromatic carbocycles. The molecule has 1 atom stereocenters. The van der Waals surface area contributed by atoms with Crippen LogP contribution in [0.25, 0.3) is 0 Å². The van der Waals surface area contributed by atoms with Gasteiger partial charge in [0.15, 0.2) is 5.16 Å². The van der Waals surface area contributed by atoms with E-state index in [-0.39, 0.29) is 23.4 Å². The average molecular weight is 256 g/mol. The van der Waals surface area contributed by atoms with Gasteiger partial charge in [-0.2, -0.15) is 0 Å². The van der Waals surface area contributed by atoms with Crippen LogP contribution in [0.3, 0.4) is 0 Å². The summed E-state index contributed by atoms with van der Waals surface area (Å²) < 4.78 is 1.39. The first kappa shape index (κ1) is 12.2. The van der Waals surface area contributed by atoms with Crippen molar-refractivity contribution >= 4 is 17.7 Å². The molecular weight excluding hydrogens is 240 g/mol. The van der Waals surface area contributed by atoms with Gasteiger partial charge in [0.25, 0.3) is 0 Å². The topological polar surface area (TPSA) is 79.8 Å². The van der Waals surface area contributed by atoms with Gasteiger partial charge < -0.3 is 5.32 Å².